The quantitative estimate of drug-likeness (QED) is 0.608. The summed E-state index contributed by atoms with van der Waals surface area (Å²) in [5, 5.41) is 8.30. The zero-order valence-corrected chi connectivity index (χ0v) is 17.1. The maximum absolute atomic E-state index is 13.6. The van der Waals surface area contributed by atoms with Crippen LogP contribution in [0.2, 0.25) is 0 Å². The van der Waals surface area contributed by atoms with Gasteiger partial charge in [-0.3, -0.25) is 4.79 Å². The number of nitrogens with zero attached hydrogens (tertiary/aromatic N) is 3. The van der Waals surface area contributed by atoms with Crippen LogP contribution in [0.1, 0.15) is 30.8 Å². The predicted octanol–water partition coefficient (Wildman–Crippen LogP) is 1.72. The summed E-state index contributed by atoms with van der Waals surface area (Å²) in [6.07, 6.45) is 2.49. The van der Waals surface area contributed by atoms with Crippen molar-refractivity contribution in [2.24, 2.45) is 0 Å². The summed E-state index contributed by atoms with van der Waals surface area (Å²) in [5.41, 5.74) is 0.989. The normalized spacial score (nSPS) is 16.4. The Hall–Kier alpha value is -2.97. The van der Waals surface area contributed by atoms with E-state index in [9.17, 15) is 4.79 Å². The van der Waals surface area contributed by atoms with E-state index in [1.165, 1.54) is 0 Å². The smallest absolute Gasteiger partial charge is 0.285 e. The zero-order valence-electron chi connectivity index (χ0n) is 17.1. The molecule has 0 aliphatic carbocycles. The van der Waals surface area contributed by atoms with Crippen molar-refractivity contribution in [3.8, 4) is 11.7 Å². The van der Waals surface area contributed by atoms with Gasteiger partial charge < -0.3 is 23.4 Å². The molecular formula is C22H27N4O4+. The molecule has 3 heterocycles. The lowest BCUT2D eigenvalue weighted by Gasteiger charge is -2.33. The number of ether oxygens (including phenoxy) is 1. The van der Waals surface area contributed by atoms with Gasteiger partial charge in [0.1, 0.15) is 0 Å². The second kappa shape index (κ2) is 9.69. The van der Waals surface area contributed by atoms with Crippen LogP contribution in [0.5, 0.6) is 0 Å². The van der Waals surface area contributed by atoms with Gasteiger partial charge in [-0.1, -0.05) is 37.3 Å². The van der Waals surface area contributed by atoms with E-state index in [4.69, 9.17) is 13.6 Å². The topological polar surface area (TPSA) is 86.0 Å². The second-order valence-electron chi connectivity index (χ2n) is 7.34. The molecule has 2 atom stereocenters. The molecule has 1 aliphatic rings. The fraction of sp³-hybridized carbons (Fsp3) is 0.409. The number of quaternary nitrogens is 1. The number of nitrogens with one attached hydrogen (secondary N) is 1. The average Bonchev–Trinajstić information content (AvgIpc) is 3.47. The Morgan fingerprint density at radius 1 is 1.13 bits per heavy atom. The van der Waals surface area contributed by atoms with Gasteiger partial charge in [0.2, 0.25) is 0 Å². The molecule has 4 rings (SSSR count). The standard InChI is InChI=1S/C22H26N4O4/c1-2-10-26(16-19-23-24-21(30-19)18-9-6-13-29-18)20(17-7-4-3-5-8-17)22(27)25-11-14-28-15-12-25/h3-9,13,20H,2,10-12,14-16H2,1H3/p+1/t20-/m1/s1. The molecule has 0 bridgehead atoms. The van der Waals surface area contributed by atoms with Crippen molar-refractivity contribution in [1.82, 2.24) is 15.1 Å². The molecule has 1 aromatic carbocycles. The van der Waals surface area contributed by atoms with E-state index in [-0.39, 0.29) is 11.9 Å². The number of rotatable bonds is 8. The van der Waals surface area contributed by atoms with Crippen molar-refractivity contribution >= 4 is 5.91 Å². The van der Waals surface area contributed by atoms with Crippen molar-refractivity contribution in [2.45, 2.75) is 25.9 Å². The van der Waals surface area contributed by atoms with Gasteiger partial charge in [-0.2, -0.15) is 0 Å². The van der Waals surface area contributed by atoms with E-state index >= 15 is 0 Å². The second-order valence-corrected chi connectivity index (χ2v) is 7.34. The highest BCUT2D eigenvalue weighted by Crippen LogP contribution is 2.18. The van der Waals surface area contributed by atoms with Crippen molar-refractivity contribution in [1.29, 1.82) is 0 Å². The van der Waals surface area contributed by atoms with Gasteiger partial charge in [-0.25, -0.2) is 0 Å². The summed E-state index contributed by atoms with van der Waals surface area (Å²) in [6, 6.07) is 13.2. The summed E-state index contributed by atoms with van der Waals surface area (Å²) >= 11 is 0. The minimum absolute atomic E-state index is 0.110. The molecular weight excluding hydrogens is 384 g/mol. The Balaban J connectivity index is 1.61. The van der Waals surface area contributed by atoms with Gasteiger partial charge in [0.25, 0.3) is 17.7 Å². The van der Waals surface area contributed by atoms with Gasteiger partial charge in [0.15, 0.2) is 18.3 Å². The van der Waals surface area contributed by atoms with Crippen LogP contribution in [0.3, 0.4) is 0 Å². The molecule has 158 valence electrons. The highest BCUT2D eigenvalue weighted by atomic mass is 16.5. The van der Waals surface area contributed by atoms with Crippen LogP contribution in [0.15, 0.2) is 57.6 Å². The van der Waals surface area contributed by atoms with Crippen LogP contribution < -0.4 is 4.90 Å². The van der Waals surface area contributed by atoms with Crippen LogP contribution in [0.25, 0.3) is 11.7 Å². The number of hydrogen-bond donors (Lipinski definition) is 1. The molecule has 30 heavy (non-hydrogen) atoms. The van der Waals surface area contributed by atoms with Crippen molar-refractivity contribution in [3.63, 3.8) is 0 Å². The molecule has 1 N–H and O–H groups in total. The first-order valence-corrected chi connectivity index (χ1v) is 10.4. The molecule has 1 aliphatic heterocycles. The lowest BCUT2D eigenvalue weighted by Crippen LogP contribution is -3.12. The van der Waals surface area contributed by atoms with Gasteiger partial charge in [0, 0.05) is 18.7 Å². The molecule has 0 saturated carbocycles. The van der Waals surface area contributed by atoms with E-state index in [2.05, 4.69) is 17.1 Å². The number of hydrogen-bond acceptors (Lipinski definition) is 6. The molecule has 8 nitrogen and oxygen atoms in total. The predicted molar refractivity (Wildman–Crippen MR) is 108 cm³/mol. The Morgan fingerprint density at radius 2 is 1.93 bits per heavy atom. The number of carbonyl (C=O) groups is 1. The van der Waals surface area contributed by atoms with Crippen molar-refractivity contribution in [2.75, 3.05) is 32.8 Å². The van der Waals surface area contributed by atoms with Crippen LogP contribution in [0.4, 0.5) is 0 Å². The molecule has 1 fully saturated rings. The van der Waals surface area contributed by atoms with Crippen molar-refractivity contribution < 1.29 is 23.3 Å². The number of benzene rings is 1. The summed E-state index contributed by atoms with van der Waals surface area (Å²) < 4.78 is 16.6. The maximum Gasteiger partial charge on any atom is 0.285 e. The summed E-state index contributed by atoms with van der Waals surface area (Å²) in [5.74, 6) is 1.48. The van der Waals surface area contributed by atoms with Crippen LogP contribution >= 0.6 is 0 Å². The van der Waals surface area contributed by atoms with Gasteiger partial charge in [-0.05, 0) is 18.6 Å². The highest BCUT2D eigenvalue weighted by molar-refractivity contribution is 5.82. The van der Waals surface area contributed by atoms with Gasteiger partial charge >= 0.3 is 0 Å². The van der Waals surface area contributed by atoms with Gasteiger partial charge in [-0.15, -0.1) is 10.2 Å². The molecule has 3 aromatic rings. The molecule has 2 aromatic heterocycles. The number of carbonyl (C=O) groups excluding carboxylic acids is 1. The van der Waals surface area contributed by atoms with E-state index in [1.54, 1.807) is 18.4 Å². The average molecular weight is 411 g/mol. The van der Waals surface area contributed by atoms with Crippen LogP contribution in [-0.4, -0.2) is 53.9 Å². The first-order valence-electron chi connectivity index (χ1n) is 10.4. The molecule has 0 radical (unpaired) electrons. The SMILES string of the molecule is CCC[NH+](Cc1nnc(-c2ccco2)o1)[C@@H](C(=O)N1CCOCC1)c1ccccc1. The Labute approximate surface area is 175 Å². The fourth-order valence-electron chi connectivity index (χ4n) is 3.84. The molecule has 1 saturated heterocycles. The van der Waals surface area contributed by atoms with E-state index in [0.717, 1.165) is 23.4 Å². The number of furan rings is 1. The molecule has 1 amide bonds. The molecule has 1 unspecified atom stereocenters. The molecule has 0 spiro atoms. The fourth-order valence-corrected chi connectivity index (χ4v) is 3.84. The largest absolute Gasteiger partial charge is 0.459 e. The zero-order chi connectivity index (χ0) is 20.8. The van der Waals surface area contributed by atoms with E-state index < -0.39 is 0 Å². The third-order valence-electron chi connectivity index (χ3n) is 5.26. The summed E-state index contributed by atoms with van der Waals surface area (Å²) in [4.78, 5) is 16.5. The number of amides is 1. The van der Waals surface area contributed by atoms with Crippen LogP contribution in [-0.2, 0) is 16.1 Å². The first-order chi connectivity index (χ1) is 14.8. The van der Waals surface area contributed by atoms with Gasteiger partial charge in [0.05, 0.1) is 26.0 Å². The third-order valence-corrected chi connectivity index (χ3v) is 5.26. The summed E-state index contributed by atoms with van der Waals surface area (Å²) in [6.45, 7) is 5.75. The minimum atomic E-state index is -0.344. The lowest BCUT2D eigenvalue weighted by molar-refractivity contribution is -0.937. The van der Waals surface area contributed by atoms with Crippen LogP contribution in [0, 0.1) is 0 Å². The Kier molecular flexibility index (Phi) is 6.56. The number of aromatic nitrogens is 2. The Bertz CT molecular complexity index is 920. The Morgan fingerprint density at radius 3 is 2.63 bits per heavy atom. The molecule has 8 heteroatoms. The third kappa shape index (κ3) is 4.60. The first kappa shape index (κ1) is 20.3. The minimum Gasteiger partial charge on any atom is -0.459 e. The lowest BCUT2D eigenvalue weighted by atomic mass is 10.0. The summed E-state index contributed by atoms with van der Waals surface area (Å²) in [7, 11) is 0. The highest BCUT2D eigenvalue weighted by Gasteiger charge is 2.36. The monoisotopic (exact) mass is 411 g/mol. The van der Waals surface area contributed by atoms with E-state index in [1.807, 2.05) is 35.2 Å². The number of morpholine rings is 1. The van der Waals surface area contributed by atoms with Crippen molar-refractivity contribution in [3.05, 3.63) is 60.2 Å². The maximum atomic E-state index is 13.6. The van der Waals surface area contributed by atoms with E-state index in [0.29, 0.717) is 50.4 Å².